The fourth-order valence-corrected chi connectivity index (χ4v) is 3.14. The van der Waals surface area contributed by atoms with Crippen LogP contribution in [-0.2, 0) is 13.0 Å². The molecule has 0 atom stereocenters. The van der Waals surface area contributed by atoms with Crippen LogP contribution in [-0.4, -0.2) is 16.0 Å². The zero-order valence-electron chi connectivity index (χ0n) is 15.4. The largest absolute Gasteiger partial charge is 0.412 e. The van der Waals surface area contributed by atoms with Crippen LogP contribution in [0.25, 0.3) is 0 Å². The summed E-state index contributed by atoms with van der Waals surface area (Å²) in [6, 6.07) is 18.0. The van der Waals surface area contributed by atoms with Gasteiger partial charge in [-0.15, -0.1) is 0 Å². The molecule has 5 nitrogen and oxygen atoms in total. The first-order valence-corrected chi connectivity index (χ1v) is 9.32. The van der Waals surface area contributed by atoms with E-state index in [4.69, 9.17) is 5.73 Å². The van der Waals surface area contributed by atoms with E-state index in [2.05, 4.69) is 10.3 Å². The number of halogens is 2. The molecule has 0 saturated heterocycles. The zero-order chi connectivity index (χ0) is 19.9. The normalized spacial score (nSPS) is 11.1. The maximum atomic E-state index is 13.7. The monoisotopic (exact) mass is 421 g/mol. The Morgan fingerprint density at radius 3 is 2.38 bits per heavy atom. The van der Waals surface area contributed by atoms with Crippen molar-refractivity contribution < 1.29 is 21.7 Å². The Balaban J connectivity index is 0.00000300. The van der Waals surface area contributed by atoms with Crippen molar-refractivity contribution >= 4 is 23.7 Å². The first-order valence-electron chi connectivity index (χ1n) is 8.55. The number of nitrogens with two attached hydrogens (primary N) is 1. The molecule has 0 amide bonds. The van der Waals surface area contributed by atoms with Crippen LogP contribution < -0.4 is 11.1 Å². The Labute approximate surface area is 174 Å². The smallest absolute Gasteiger partial charge is 0.193 e. The van der Waals surface area contributed by atoms with E-state index in [-0.39, 0.29) is 32.5 Å². The first-order chi connectivity index (χ1) is 13.6. The molecular formula is C21H25F2N3O2S. The van der Waals surface area contributed by atoms with Gasteiger partial charge < -0.3 is 21.1 Å². The molecule has 3 aromatic carbocycles. The molecule has 0 aliphatic rings. The summed E-state index contributed by atoms with van der Waals surface area (Å²) < 4.78 is 36.5. The molecule has 29 heavy (non-hydrogen) atoms. The minimum atomic E-state index is -0.345. The third kappa shape index (κ3) is 6.02. The van der Waals surface area contributed by atoms with Crippen molar-refractivity contribution in [2.45, 2.75) is 17.9 Å². The number of guanidine groups is 1. The van der Waals surface area contributed by atoms with Crippen LogP contribution in [0.3, 0.4) is 0 Å². The van der Waals surface area contributed by atoms with Crippen LogP contribution >= 0.6 is 12.0 Å². The van der Waals surface area contributed by atoms with Gasteiger partial charge in [0.1, 0.15) is 11.6 Å². The van der Waals surface area contributed by atoms with Crippen LogP contribution in [0.5, 0.6) is 0 Å². The van der Waals surface area contributed by atoms with E-state index in [1.807, 2.05) is 12.1 Å². The lowest BCUT2D eigenvalue weighted by atomic mass is 10.0. The number of para-hydroxylation sites is 1. The van der Waals surface area contributed by atoms with Gasteiger partial charge in [0.05, 0.1) is 17.1 Å². The van der Waals surface area contributed by atoms with Gasteiger partial charge in [0.2, 0.25) is 0 Å². The number of hydrogen-bond acceptors (Lipinski definition) is 3. The van der Waals surface area contributed by atoms with Gasteiger partial charge in [-0.25, -0.2) is 13.8 Å². The molecule has 0 saturated carbocycles. The lowest BCUT2D eigenvalue weighted by Gasteiger charge is -2.15. The van der Waals surface area contributed by atoms with Gasteiger partial charge in [-0.3, -0.25) is 0 Å². The molecule has 0 aliphatic carbocycles. The summed E-state index contributed by atoms with van der Waals surface area (Å²) in [4.78, 5) is 4.76. The van der Waals surface area contributed by atoms with Crippen LogP contribution in [0.1, 0.15) is 19.5 Å². The molecular weight excluding hydrogens is 396 g/mol. The fourth-order valence-electron chi connectivity index (χ4n) is 2.73. The number of rotatable bonds is 6. The van der Waals surface area contributed by atoms with E-state index in [0.29, 0.717) is 34.6 Å². The highest BCUT2D eigenvalue weighted by Gasteiger charge is 2.11. The van der Waals surface area contributed by atoms with Crippen LogP contribution in [0, 0.1) is 11.6 Å². The molecule has 8 heteroatoms. The topological polar surface area (TPSA) is 102 Å². The van der Waals surface area contributed by atoms with Crippen LogP contribution in [0.15, 0.2) is 76.6 Å². The fraction of sp³-hybridized carbons (Fsp3) is 0.0952. The number of nitrogens with zero attached hydrogens (tertiary/aromatic N) is 1. The maximum Gasteiger partial charge on any atom is 0.193 e. The van der Waals surface area contributed by atoms with Gasteiger partial charge in [0.15, 0.2) is 5.96 Å². The van der Waals surface area contributed by atoms with Crippen molar-refractivity contribution in [3.63, 3.8) is 0 Å². The lowest BCUT2D eigenvalue weighted by molar-refractivity contribution is 0.611. The van der Waals surface area contributed by atoms with Gasteiger partial charge in [-0.05, 0) is 41.8 Å². The molecule has 6 N–H and O–H groups in total. The molecule has 156 valence electrons. The number of anilines is 1. The Kier molecular flexibility index (Phi) is 8.14. The zero-order valence-corrected chi connectivity index (χ0v) is 16.2. The van der Waals surface area contributed by atoms with Crippen LogP contribution in [0.4, 0.5) is 14.5 Å². The van der Waals surface area contributed by atoms with Crippen molar-refractivity contribution in [2.24, 2.45) is 10.7 Å². The maximum absolute atomic E-state index is 13.7. The standard InChI is InChI=1S/C21H19F2N3OS.H2O.2H2/c22-17-10-8-14(9-11-17)12-15-5-3-7-19(28-27)20(15)26-21(24)25-13-16-4-1-2-6-18(16)23;;;/h1-11,27H,12-13H2,(H3,24,25,26);1H2;2*1H. The third-order valence-corrected chi connectivity index (χ3v) is 4.69. The number of hydrogen-bond donors (Lipinski definition) is 3. The SMILES string of the molecule is NC(=NCc1ccccc1F)Nc1c(Cc2ccc(F)cc2)cccc1SO.O.[HH].[HH]. The van der Waals surface area contributed by atoms with Gasteiger partial charge in [0.25, 0.3) is 0 Å². The Morgan fingerprint density at radius 1 is 1.00 bits per heavy atom. The summed E-state index contributed by atoms with van der Waals surface area (Å²) in [6.07, 6.45) is 0.512. The predicted molar refractivity (Wildman–Crippen MR) is 117 cm³/mol. The van der Waals surface area contributed by atoms with E-state index in [1.165, 1.54) is 18.2 Å². The highest BCUT2D eigenvalue weighted by Crippen LogP contribution is 2.30. The quantitative estimate of drug-likeness (QED) is 0.305. The summed E-state index contributed by atoms with van der Waals surface area (Å²) in [5.41, 5.74) is 8.79. The third-order valence-electron chi connectivity index (χ3n) is 4.15. The van der Waals surface area contributed by atoms with Crippen LogP contribution in [0.2, 0.25) is 0 Å². The second kappa shape index (κ2) is 10.6. The molecule has 0 unspecified atom stereocenters. The van der Waals surface area contributed by atoms with Crippen molar-refractivity contribution in [3.8, 4) is 0 Å². The molecule has 0 heterocycles. The van der Waals surface area contributed by atoms with Gasteiger partial charge in [0, 0.05) is 20.5 Å². The minimum Gasteiger partial charge on any atom is -0.412 e. The van der Waals surface area contributed by atoms with Gasteiger partial charge in [-0.1, -0.05) is 42.5 Å². The van der Waals surface area contributed by atoms with E-state index in [0.717, 1.165) is 11.1 Å². The summed E-state index contributed by atoms with van der Waals surface area (Å²) in [5.74, 6) is -0.543. The molecule has 0 bridgehead atoms. The second-order valence-electron chi connectivity index (χ2n) is 6.10. The van der Waals surface area contributed by atoms with Gasteiger partial charge >= 0.3 is 0 Å². The molecule has 0 fully saturated rings. The Morgan fingerprint density at radius 2 is 1.69 bits per heavy atom. The van der Waals surface area contributed by atoms with Crippen molar-refractivity contribution in [3.05, 3.63) is 95.1 Å². The van der Waals surface area contributed by atoms with Crippen molar-refractivity contribution in [1.82, 2.24) is 0 Å². The summed E-state index contributed by atoms with van der Waals surface area (Å²) in [7, 11) is 0. The van der Waals surface area contributed by atoms with E-state index in [9.17, 15) is 13.3 Å². The Hall–Kier alpha value is -2.94. The van der Waals surface area contributed by atoms with E-state index in [1.54, 1.807) is 36.4 Å². The molecule has 0 radical (unpaired) electrons. The second-order valence-corrected chi connectivity index (χ2v) is 6.73. The summed E-state index contributed by atoms with van der Waals surface area (Å²) in [5, 5.41) is 3.00. The molecule has 3 aromatic rings. The van der Waals surface area contributed by atoms with Crippen molar-refractivity contribution in [2.75, 3.05) is 5.32 Å². The highest BCUT2D eigenvalue weighted by molar-refractivity contribution is 7.94. The highest BCUT2D eigenvalue weighted by atomic mass is 32.2. The average Bonchev–Trinajstić information content (AvgIpc) is 2.70. The molecule has 0 aliphatic heterocycles. The molecule has 0 spiro atoms. The summed E-state index contributed by atoms with van der Waals surface area (Å²) >= 11 is 0.588. The number of aliphatic imine (C=N–C) groups is 1. The average molecular weight is 422 g/mol. The number of nitrogens with one attached hydrogen (secondary N) is 1. The van der Waals surface area contributed by atoms with E-state index < -0.39 is 0 Å². The van der Waals surface area contributed by atoms with Crippen molar-refractivity contribution in [1.29, 1.82) is 0 Å². The predicted octanol–water partition coefficient (Wildman–Crippen LogP) is 4.71. The first kappa shape index (κ1) is 22.4. The lowest BCUT2D eigenvalue weighted by Crippen LogP contribution is -2.24. The summed E-state index contributed by atoms with van der Waals surface area (Å²) in [6.45, 7) is 0.0905. The number of benzene rings is 3. The molecule has 3 rings (SSSR count). The van der Waals surface area contributed by atoms with Gasteiger partial charge in [-0.2, -0.15) is 0 Å². The molecule has 0 aromatic heterocycles. The minimum absolute atomic E-state index is 0. The van der Waals surface area contributed by atoms with E-state index >= 15 is 0 Å². The Bertz CT molecular complexity index is 993.